The molecule has 1 N–H and O–H groups in total. The third-order valence-corrected chi connectivity index (χ3v) is 3.84. The molecule has 112 valence electrons. The van der Waals surface area contributed by atoms with Crippen molar-refractivity contribution >= 4 is 11.6 Å². The molecule has 0 saturated carbocycles. The lowest BCUT2D eigenvalue weighted by molar-refractivity contribution is 0.545. The summed E-state index contributed by atoms with van der Waals surface area (Å²) in [5.74, 6) is -0.590. The predicted octanol–water partition coefficient (Wildman–Crippen LogP) is 4.82. The topological polar surface area (TPSA) is 12.0 Å². The van der Waals surface area contributed by atoms with E-state index in [0.717, 1.165) is 23.2 Å². The van der Waals surface area contributed by atoms with Crippen LogP contribution in [0.25, 0.3) is 0 Å². The average molecular weight is 310 g/mol. The molecular formula is C17H18ClF2N. The Morgan fingerprint density at radius 1 is 1.10 bits per heavy atom. The van der Waals surface area contributed by atoms with Crippen LogP contribution in [0.2, 0.25) is 5.02 Å². The second-order valence-electron chi connectivity index (χ2n) is 5.05. The summed E-state index contributed by atoms with van der Waals surface area (Å²) < 4.78 is 26.4. The molecule has 1 atom stereocenters. The number of rotatable bonds is 5. The molecule has 1 nitrogen and oxygen atoms in total. The van der Waals surface area contributed by atoms with Crippen molar-refractivity contribution in [3.63, 3.8) is 0 Å². The van der Waals surface area contributed by atoms with Crippen LogP contribution in [0.3, 0.4) is 0 Å². The number of hydrogen-bond donors (Lipinski definition) is 1. The molecule has 0 radical (unpaired) electrons. The highest BCUT2D eigenvalue weighted by atomic mass is 35.5. The molecule has 0 aliphatic carbocycles. The first-order valence-corrected chi connectivity index (χ1v) is 7.32. The Bertz CT molecular complexity index is 628. The quantitative estimate of drug-likeness (QED) is 0.835. The van der Waals surface area contributed by atoms with Crippen LogP contribution >= 0.6 is 11.6 Å². The largest absolute Gasteiger partial charge is 0.310 e. The second-order valence-corrected chi connectivity index (χ2v) is 5.46. The van der Waals surface area contributed by atoms with Gasteiger partial charge in [0.05, 0.1) is 0 Å². The van der Waals surface area contributed by atoms with E-state index in [9.17, 15) is 8.78 Å². The molecule has 0 saturated heterocycles. The maximum Gasteiger partial charge on any atom is 0.124 e. The highest BCUT2D eigenvalue weighted by Gasteiger charge is 2.16. The van der Waals surface area contributed by atoms with Crippen LogP contribution in [0.5, 0.6) is 0 Å². The van der Waals surface area contributed by atoms with Crippen molar-refractivity contribution in [2.24, 2.45) is 0 Å². The molecule has 0 aliphatic rings. The Hall–Kier alpha value is -1.45. The van der Waals surface area contributed by atoms with Crippen LogP contribution in [-0.4, -0.2) is 6.54 Å². The van der Waals surface area contributed by atoms with Gasteiger partial charge in [0, 0.05) is 11.1 Å². The van der Waals surface area contributed by atoms with E-state index in [-0.39, 0.29) is 17.7 Å². The zero-order valence-electron chi connectivity index (χ0n) is 12.1. The summed E-state index contributed by atoms with van der Waals surface area (Å²) in [5.41, 5.74) is 2.79. The predicted molar refractivity (Wildman–Crippen MR) is 82.7 cm³/mol. The number of nitrogens with one attached hydrogen (secondary N) is 1. The van der Waals surface area contributed by atoms with Gasteiger partial charge in [-0.05, 0) is 60.8 Å². The maximum absolute atomic E-state index is 13.2. The van der Waals surface area contributed by atoms with Gasteiger partial charge >= 0.3 is 0 Å². The van der Waals surface area contributed by atoms with Gasteiger partial charge in [-0.25, -0.2) is 8.78 Å². The van der Waals surface area contributed by atoms with Gasteiger partial charge in [-0.2, -0.15) is 0 Å². The zero-order chi connectivity index (χ0) is 15.4. The van der Waals surface area contributed by atoms with Crippen molar-refractivity contribution in [2.75, 3.05) is 6.54 Å². The van der Waals surface area contributed by atoms with Crippen molar-refractivity contribution < 1.29 is 8.78 Å². The molecule has 0 heterocycles. The van der Waals surface area contributed by atoms with Gasteiger partial charge in [-0.1, -0.05) is 30.7 Å². The molecule has 2 rings (SSSR count). The van der Waals surface area contributed by atoms with Gasteiger partial charge in [-0.15, -0.1) is 0 Å². The lowest BCUT2D eigenvalue weighted by atomic mass is 9.96. The molecule has 0 aliphatic heterocycles. The summed E-state index contributed by atoms with van der Waals surface area (Å²) in [7, 11) is 0. The highest BCUT2D eigenvalue weighted by Crippen LogP contribution is 2.27. The van der Waals surface area contributed by atoms with Gasteiger partial charge in [0.15, 0.2) is 0 Å². The lowest BCUT2D eigenvalue weighted by Crippen LogP contribution is -2.23. The molecule has 0 aromatic heterocycles. The van der Waals surface area contributed by atoms with Crippen LogP contribution in [0.4, 0.5) is 8.78 Å². The summed E-state index contributed by atoms with van der Waals surface area (Å²) in [6.07, 6.45) is 0.672. The van der Waals surface area contributed by atoms with E-state index in [1.54, 1.807) is 12.1 Å². The van der Waals surface area contributed by atoms with Gasteiger partial charge in [0.25, 0.3) is 0 Å². The monoisotopic (exact) mass is 309 g/mol. The smallest absolute Gasteiger partial charge is 0.124 e. The minimum Gasteiger partial charge on any atom is -0.310 e. The Morgan fingerprint density at radius 3 is 2.38 bits per heavy atom. The zero-order valence-corrected chi connectivity index (χ0v) is 12.8. The molecule has 4 heteroatoms. The minimum atomic E-state index is -0.350. The Morgan fingerprint density at radius 2 is 1.76 bits per heavy atom. The molecule has 0 fully saturated rings. The third kappa shape index (κ3) is 4.02. The van der Waals surface area contributed by atoms with Crippen molar-refractivity contribution in [1.82, 2.24) is 5.32 Å². The summed E-state index contributed by atoms with van der Waals surface area (Å²) in [4.78, 5) is 0. The van der Waals surface area contributed by atoms with Crippen LogP contribution in [0.15, 0.2) is 36.4 Å². The molecule has 0 amide bonds. The first-order valence-electron chi connectivity index (χ1n) is 6.94. The Balaban J connectivity index is 2.30. The second kappa shape index (κ2) is 7.01. The van der Waals surface area contributed by atoms with Gasteiger partial charge in [0.2, 0.25) is 0 Å². The van der Waals surface area contributed by atoms with E-state index in [4.69, 9.17) is 11.6 Å². The van der Waals surface area contributed by atoms with Gasteiger partial charge < -0.3 is 5.32 Å². The van der Waals surface area contributed by atoms with Crippen molar-refractivity contribution in [2.45, 2.75) is 26.3 Å². The fourth-order valence-corrected chi connectivity index (χ4v) is 2.73. The van der Waals surface area contributed by atoms with E-state index >= 15 is 0 Å². The summed E-state index contributed by atoms with van der Waals surface area (Å²) in [6.45, 7) is 4.65. The number of likely N-dealkylation sites (N-methyl/N-ethyl adjacent to an activating group) is 1. The normalized spacial score (nSPS) is 12.4. The maximum atomic E-state index is 13.2. The molecule has 2 aromatic carbocycles. The van der Waals surface area contributed by atoms with Crippen molar-refractivity contribution in [1.29, 1.82) is 0 Å². The van der Waals surface area contributed by atoms with Gasteiger partial charge in [-0.3, -0.25) is 0 Å². The van der Waals surface area contributed by atoms with Crippen LogP contribution in [-0.2, 0) is 6.42 Å². The summed E-state index contributed by atoms with van der Waals surface area (Å²) in [6, 6.07) is 9.15. The molecule has 0 spiro atoms. The van der Waals surface area contributed by atoms with Crippen LogP contribution in [0.1, 0.15) is 29.7 Å². The Kier molecular flexibility index (Phi) is 5.32. The summed E-state index contributed by atoms with van der Waals surface area (Å²) >= 11 is 6.15. The van der Waals surface area contributed by atoms with Crippen molar-refractivity contribution in [3.05, 3.63) is 69.7 Å². The first-order chi connectivity index (χ1) is 10.0. The molecule has 2 aromatic rings. The molecule has 0 bridgehead atoms. The molecular weight excluding hydrogens is 292 g/mol. The Labute approximate surface area is 128 Å². The number of halogens is 3. The number of benzene rings is 2. The van der Waals surface area contributed by atoms with E-state index < -0.39 is 0 Å². The van der Waals surface area contributed by atoms with E-state index in [1.165, 1.54) is 24.3 Å². The summed E-state index contributed by atoms with van der Waals surface area (Å²) in [5, 5.41) is 3.75. The average Bonchev–Trinajstić information content (AvgIpc) is 2.41. The van der Waals surface area contributed by atoms with Crippen LogP contribution < -0.4 is 5.32 Å². The third-order valence-electron chi connectivity index (χ3n) is 3.52. The molecule has 1 unspecified atom stereocenters. The number of aryl methyl sites for hydroxylation is 1. The first kappa shape index (κ1) is 15.9. The minimum absolute atomic E-state index is 0.0349. The van der Waals surface area contributed by atoms with Gasteiger partial charge in [0.1, 0.15) is 11.6 Å². The molecule has 21 heavy (non-hydrogen) atoms. The van der Waals surface area contributed by atoms with Crippen LogP contribution in [0, 0.1) is 18.6 Å². The van der Waals surface area contributed by atoms with E-state index in [1.807, 2.05) is 13.8 Å². The van der Waals surface area contributed by atoms with E-state index in [0.29, 0.717) is 11.4 Å². The highest BCUT2D eigenvalue weighted by molar-refractivity contribution is 6.31. The lowest BCUT2D eigenvalue weighted by Gasteiger charge is -2.21. The van der Waals surface area contributed by atoms with Crippen molar-refractivity contribution in [3.8, 4) is 0 Å². The fraction of sp³-hybridized carbons (Fsp3) is 0.294. The fourth-order valence-electron chi connectivity index (χ4n) is 2.43. The SMILES string of the molecule is CCNC(Cc1ccc(F)cc1C)c1ccc(F)cc1Cl. The standard InChI is InChI=1S/C17H18ClF2N/c1-3-21-17(15-7-6-14(20)10-16(15)18)9-12-4-5-13(19)8-11(12)2/h4-8,10,17,21H,3,9H2,1-2H3. The van der Waals surface area contributed by atoms with E-state index in [2.05, 4.69) is 5.32 Å². The number of hydrogen-bond acceptors (Lipinski definition) is 1.